The van der Waals surface area contributed by atoms with E-state index in [2.05, 4.69) is 15.5 Å². The van der Waals surface area contributed by atoms with E-state index >= 15 is 0 Å². The molecule has 0 radical (unpaired) electrons. The van der Waals surface area contributed by atoms with Crippen LogP contribution in [0.25, 0.3) is 0 Å². The Hall–Kier alpha value is -1.08. The lowest BCUT2D eigenvalue weighted by atomic mass is 10.1. The number of aromatic nitrogens is 2. The van der Waals surface area contributed by atoms with Crippen LogP contribution in [-0.2, 0) is 9.53 Å². The summed E-state index contributed by atoms with van der Waals surface area (Å²) in [5.41, 5.74) is -0.753. The summed E-state index contributed by atoms with van der Waals surface area (Å²) < 4.78 is 10.0. The fourth-order valence-corrected chi connectivity index (χ4v) is 2.25. The number of methoxy groups -OCH3 is 1. The van der Waals surface area contributed by atoms with Gasteiger partial charge in [-0.25, -0.2) is 0 Å². The van der Waals surface area contributed by atoms with Gasteiger partial charge in [-0.1, -0.05) is 18.7 Å². The van der Waals surface area contributed by atoms with E-state index < -0.39 is 5.54 Å². The molecule has 0 bridgehead atoms. The number of nitrogens with zero attached hydrogens (tertiary/aromatic N) is 2. The van der Waals surface area contributed by atoms with Gasteiger partial charge in [0.25, 0.3) is 5.22 Å². The molecule has 0 aromatic carbocycles. The van der Waals surface area contributed by atoms with E-state index in [9.17, 15) is 4.79 Å². The van der Waals surface area contributed by atoms with Gasteiger partial charge in [-0.2, -0.15) is 0 Å². The Morgan fingerprint density at radius 1 is 1.59 bits per heavy atom. The van der Waals surface area contributed by atoms with Crippen molar-refractivity contribution in [3.8, 4) is 0 Å². The summed E-state index contributed by atoms with van der Waals surface area (Å²) in [6, 6.07) is 0. The van der Waals surface area contributed by atoms with Crippen LogP contribution in [0, 0.1) is 6.92 Å². The smallest absolute Gasteiger partial charge is 0.326 e. The Labute approximate surface area is 105 Å². The first-order valence-electron chi connectivity index (χ1n) is 5.28. The van der Waals surface area contributed by atoms with Crippen molar-refractivity contribution in [1.29, 1.82) is 0 Å². The zero-order chi connectivity index (χ0) is 12.9. The molecule has 1 atom stereocenters. The largest absolute Gasteiger partial charge is 0.468 e. The first-order valence-corrected chi connectivity index (χ1v) is 6.26. The summed E-state index contributed by atoms with van der Waals surface area (Å²) in [6.45, 7) is 6.12. The lowest BCUT2D eigenvalue weighted by molar-refractivity contribution is -0.146. The molecule has 0 saturated heterocycles. The van der Waals surface area contributed by atoms with E-state index in [1.165, 1.54) is 18.9 Å². The molecular weight excluding hydrogens is 242 g/mol. The van der Waals surface area contributed by atoms with Crippen molar-refractivity contribution >= 4 is 17.7 Å². The standard InChI is InChI=1S/C10H17N3O3S/c1-5-11-10(3,8(14)15-4)6-17-9-13-12-7(2)16-9/h11H,5-6H2,1-4H3. The molecule has 1 aromatic heterocycles. The second-order valence-corrected chi connectivity index (χ2v) is 4.66. The molecule has 1 N–H and O–H groups in total. The summed E-state index contributed by atoms with van der Waals surface area (Å²) >= 11 is 1.33. The molecule has 96 valence electrons. The highest BCUT2D eigenvalue weighted by atomic mass is 32.2. The predicted octanol–water partition coefficient (Wildman–Crippen LogP) is 1.01. The normalized spacial score (nSPS) is 14.4. The summed E-state index contributed by atoms with van der Waals surface area (Å²) in [4.78, 5) is 11.7. The van der Waals surface area contributed by atoms with E-state index in [4.69, 9.17) is 9.15 Å². The average molecular weight is 259 g/mol. The predicted molar refractivity (Wildman–Crippen MR) is 63.9 cm³/mol. The van der Waals surface area contributed by atoms with Crippen molar-refractivity contribution in [2.45, 2.75) is 31.5 Å². The molecule has 17 heavy (non-hydrogen) atoms. The number of esters is 1. The molecule has 0 aliphatic carbocycles. The Morgan fingerprint density at radius 3 is 2.76 bits per heavy atom. The Morgan fingerprint density at radius 2 is 2.29 bits per heavy atom. The topological polar surface area (TPSA) is 77.3 Å². The number of likely N-dealkylation sites (N-methyl/N-ethyl adjacent to an activating group) is 1. The molecule has 1 unspecified atom stereocenters. The maximum atomic E-state index is 11.7. The Balaban J connectivity index is 2.64. The molecule has 1 rings (SSSR count). The van der Waals surface area contributed by atoms with E-state index in [0.29, 0.717) is 23.4 Å². The van der Waals surface area contributed by atoms with Crippen LogP contribution in [0.2, 0.25) is 0 Å². The molecule has 0 aliphatic heterocycles. The van der Waals surface area contributed by atoms with Crippen LogP contribution in [0.5, 0.6) is 0 Å². The van der Waals surface area contributed by atoms with E-state index in [0.717, 1.165) is 0 Å². The lowest BCUT2D eigenvalue weighted by Crippen LogP contribution is -2.52. The van der Waals surface area contributed by atoms with Crippen LogP contribution in [0.1, 0.15) is 19.7 Å². The second kappa shape index (κ2) is 6.02. The van der Waals surface area contributed by atoms with E-state index in [1.807, 2.05) is 6.92 Å². The van der Waals surface area contributed by atoms with Gasteiger partial charge in [-0.15, -0.1) is 10.2 Å². The third kappa shape index (κ3) is 3.71. The molecular formula is C10H17N3O3S. The van der Waals surface area contributed by atoms with Crippen LogP contribution < -0.4 is 5.32 Å². The first-order chi connectivity index (χ1) is 8.01. The number of ether oxygens (including phenoxy) is 1. The second-order valence-electron chi connectivity index (χ2n) is 3.73. The molecule has 0 aliphatic rings. The summed E-state index contributed by atoms with van der Waals surface area (Å²) in [7, 11) is 1.37. The van der Waals surface area contributed by atoms with Gasteiger partial charge in [-0.05, 0) is 13.5 Å². The van der Waals surface area contributed by atoms with Crippen LogP contribution >= 0.6 is 11.8 Å². The average Bonchev–Trinajstić information content (AvgIpc) is 2.72. The van der Waals surface area contributed by atoms with Gasteiger partial charge in [0.1, 0.15) is 5.54 Å². The number of hydrogen-bond donors (Lipinski definition) is 1. The third-order valence-electron chi connectivity index (χ3n) is 2.19. The minimum absolute atomic E-state index is 0.303. The van der Waals surface area contributed by atoms with Gasteiger partial charge in [0.05, 0.1) is 7.11 Å². The SMILES string of the molecule is CCNC(C)(CSc1nnc(C)o1)C(=O)OC. The highest BCUT2D eigenvalue weighted by Gasteiger charge is 2.34. The van der Waals surface area contributed by atoms with Crippen molar-refractivity contribution in [1.82, 2.24) is 15.5 Å². The minimum atomic E-state index is -0.753. The molecule has 0 spiro atoms. The number of nitrogens with one attached hydrogen (secondary N) is 1. The summed E-state index contributed by atoms with van der Waals surface area (Å²) in [5.74, 6) is 0.675. The molecule has 6 nitrogen and oxygen atoms in total. The third-order valence-corrected chi connectivity index (χ3v) is 3.33. The van der Waals surface area contributed by atoms with Crippen molar-refractivity contribution in [2.24, 2.45) is 0 Å². The summed E-state index contributed by atoms with van der Waals surface area (Å²) in [5, 5.41) is 11.1. The van der Waals surface area contributed by atoms with Crippen molar-refractivity contribution in [3.63, 3.8) is 0 Å². The van der Waals surface area contributed by atoms with Crippen LogP contribution in [0.3, 0.4) is 0 Å². The number of thioether (sulfide) groups is 1. The lowest BCUT2D eigenvalue weighted by Gasteiger charge is -2.26. The van der Waals surface area contributed by atoms with Gasteiger partial charge in [0.15, 0.2) is 0 Å². The Kier molecular flexibility index (Phi) is 4.95. The van der Waals surface area contributed by atoms with Gasteiger partial charge >= 0.3 is 5.97 Å². The van der Waals surface area contributed by atoms with Crippen molar-refractivity contribution < 1.29 is 13.9 Å². The number of rotatable bonds is 6. The van der Waals surface area contributed by atoms with Crippen LogP contribution in [0.4, 0.5) is 0 Å². The van der Waals surface area contributed by atoms with Gasteiger partial charge in [-0.3, -0.25) is 4.79 Å². The minimum Gasteiger partial charge on any atom is -0.468 e. The van der Waals surface area contributed by atoms with Gasteiger partial charge < -0.3 is 14.5 Å². The number of carbonyl (C=O) groups is 1. The Bertz CT molecular complexity index is 383. The molecule has 7 heteroatoms. The van der Waals surface area contributed by atoms with Crippen LogP contribution in [-0.4, -0.2) is 41.1 Å². The summed E-state index contributed by atoms with van der Waals surface area (Å²) in [6.07, 6.45) is 0. The highest BCUT2D eigenvalue weighted by Crippen LogP contribution is 2.22. The molecule has 0 amide bonds. The molecule has 0 fully saturated rings. The zero-order valence-corrected chi connectivity index (χ0v) is 11.3. The van der Waals surface area contributed by atoms with Gasteiger partial charge in [0.2, 0.25) is 5.89 Å². The number of carbonyl (C=O) groups excluding carboxylic acids is 1. The highest BCUT2D eigenvalue weighted by molar-refractivity contribution is 7.99. The first kappa shape index (κ1) is 14.0. The fourth-order valence-electron chi connectivity index (χ4n) is 1.34. The number of aryl methyl sites for hydroxylation is 1. The zero-order valence-electron chi connectivity index (χ0n) is 10.4. The number of hydrogen-bond acceptors (Lipinski definition) is 7. The van der Waals surface area contributed by atoms with E-state index in [-0.39, 0.29) is 5.97 Å². The van der Waals surface area contributed by atoms with Crippen molar-refractivity contribution in [2.75, 3.05) is 19.4 Å². The van der Waals surface area contributed by atoms with Crippen molar-refractivity contribution in [3.05, 3.63) is 5.89 Å². The van der Waals surface area contributed by atoms with Gasteiger partial charge in [0, 0.05) is 12.7 Å². The monoisotopic (exact) mass is 259 g/mol. The van der Waals surface area contributed by atoms with Crippen LogP contribution in [0.15, 0.2) is 9.64 Å². The molecule has 1 heterocycles. The maximum absolute atomic E-state index is 11.7. The van der Waals surface area contributed by atoms with E-state index in [1.54, 1.807) is 13.8 Å². The molecule has 1 aromatic rings. The quantitative estimate of drug-likeness (QED) is 0.603. The molecule has 0 saturated carbocycles. The maximum Gasteiger partial charge on any atom is 0.326 e. The fraction of sp³-hybridized carbons (Fsp3) is 0.700.